The third-order valence-electron chi connectivity index (χ3n) is 6.06. The van der Waals surface area contributed by atoms with Crippen molar-refractivity contribution in [3.05, 3.63) is 29.8 Å². The van der Waals surface area contributed by atoms with Gasteiger partial charge in [0.2, 0.25) is 5.91 Å². The monoisotopic (exact) mass is 329 g/mol. The maximum absolute atomic E-state index is 12.3. The number of piperazine rings is 1. The van der Waals surface area contributed by atoms with Crippen LogP contribution in [0, 0.1) is 12.3 Å². The van der Waals surface area contributed by atoms with Gasteiger partial charge in [0.15, 0.2) is 0 Å². The Kier molecular flexibility index (Phi) is 5.14. The smallest absolute Gasteiger partial charge is 0.226 e. The van der Waals surface area contributed by atoms with Crippen LogP contribution in [0.3, 0.4) is 0 Å². The zero-order chi connectivity index (χ0) is 17.2. The van der Waals surface area contributed by atoms with Gasteiger partial charge in [-0.2, -0.15) is 0 Å². The van der Waals surface area contributed by atoms with Gasteiger partial charge in [-0.05, 0) is 38.3 Å². The van der Waals surface area contributed by atoms with E-state index in [4.69, 9.17) is 0 Å². The molecule has 3 rings (SSSR count). The van der Waals surface area contributed by atoms with Crippen LogP contribution in [-0.2, 0) is 4.79 Å². The second-order valence-electron chi connectivity index (χ2n) is 7.49. The van der Waals surface area contributed by atoms with Crippen LogP contribution in [0.5, 0.6) is 0 Å². The Morgan fingerprint density at radius 3 is 2.25 bits per heavy atom. The van der Waals surface area contributed by atoms with Crippen molar-refractivity contribution < 1.29 is 4.79 Å². The number of nitrogens with one attached hydrogen (secondary N) is 1. The third-order valence-corrected chi connectivity index (χ3v) is 6.06. The van der Waals surface area contributed by atoms with Gasteiger partial charge in [-0.1, -0.05) is 31.5 Å². The van der Waals surface area contributed by atoms with Crippen molar-refractivity contribution in [1.29, 1.82) is 0 Å². The highest BCUT2D eigenvalue weighted by Crippen LogP contribution is 2.37. The van der Waals surface area contributed by atoms with Crippen molar-refractivity contribution in [3.8, 4) is 0 Å². The summed E-state index contributed by atoms with van der Waals surface area (Å²) in [7, 11) is 0. The van der Waals surface area contributed by atoms with Crippen LogP contribution in [0.4, 0.5) is 5.69 Å². The van der Waals surface area contributed by atoms with Crippen molar-refractivity contribution in [2.75, 3.05) is 37.6 Å². The summed E-state index contributed by atoms with van der Waals surface area (Å²) < 4.78 is 0. The van der Waals surface area contributed by atoms with E-state index in [-0.39, 0.29) is 11.3 Å². The average molecular weight is 329 g/mol. The SMILES string of the molecule is CCC1(CC)CC(CN2CCN(c3ccc(C)cc3)CC2)NC1=O. The second kappa shape index (κ2) is 7.14. The van der Waals surface area contributed by atoms with Gasteiger partial charge in [0.25, 0.3) is 0 Å². The van der Waals surface area contributed by atoms with E-state index in [0.717, 1.165) is 52.0 Å². The summed E-state index contributed by atoms with van der Waals surface area (Å²) in [5.74, 6) is 0.274. The summed E-state index contributed by atoms with van der Waals surface area (Å²) in [6, 6.07) is 9.14. The lowest BCUT2D eigenvalue weighted by Gasteiger charge is -2.37. The summed E-state index contributed by atoms with van der Waals surface area (Å²) in [4.78, 5) is 17.3. The van der Waals surface area contributed by atoms with E-state index in [1.165, 1.54) is 11.3 Å². The van der Waals surface area contributed by atoms with Gasteiger partial charge >= 0.3 is 0 Å². The van der Waals surface area contributed by atoms with Gasteiger partial charge < -0.3 is 10.2 Å². The molecule has 2 heterocycles. The Morgan fingerprint density at radius 1 is 1.08 bits per heavy atom. The molecule has 1 aromatic rings. The molecular formula is C20H31N3O. The molecule has 24 heavy (non-hydrogen) atoms. The number of carbonyl (C=O) groups excluding carboxylic acids is 1. The van der Waals surface area contributed by atoms with Crippen molar-refractivity contribution in [2.45, 2.75) is 46.1 Å². The van der Waals surface area contributed by atoms with E-state index < -0.39 is 0 Å². The molecule has 1 aromatic carbocycles. The molecule has 0 aromatic heterocycles. The van der Waals surface area contributed by atoms with E-state index >= 15 is 0 Å². The van der Waals surface area contributed by atoms with E-state index in [1.54, 1.807) is 0 Å². The molecule has 4 nitrogen and oxygen atoms in total. The van der Waals surface area contributed by atoms with Crippen LogP contribution >= 0.6 is 0 Å². The minimum Gasteiger partial charge on any atom is -0.369 e. The Bertz CT molecular complexity index is 557. The summed E-state index contributed by atoms with van der Waals surface area (Å²) in [5, 5.41) is 3.25. The van der Waals surface area contributed by atoms with Gasteiger partial charge in [0.1, 0.15) is 0 Å². The molecule has 2 aliphatic rings. The van der Waals surface area contributed by atoms with Crippen molar-refractivity contribution in [2.24, 2.45) is 5.41 Å². The first kappa shape index (κ1) is 17.3. The standard InChI is InChI=1S/C20H31N3O/c1-4-20(5-2)14-17(21-19(20)24)15-22-10-12-23(13-11-22)18-8-6-16(3)7-9-18/h6-9,17H,4-5,10-15H2,1-3H3,(H,21,24). The Hall–Kier alpha value is -1.55. The van der Waals surface area contributed by atoms with Crippen molar-refractivity contribution in [1.82, 2.24) is 10.2 Å². The predicted octanol–water partition coefficient (Wildman–Crippen LogP) is 2.81. The van der Waals surface area contributed by atoms with Crippen LogP contribution in [0.2, 0.25) is 0 Å². The number of hydrogen-bond donors (Lipinski definition) is 1. The predicted molar refractivity (Wildman–Crippen MR) is 99.4 cm³/mol. The van der Waals surface area contributed by atoms with Gasteiger partial charge in [0.05, 0.1) is 5.41 Å². The molecule has 1 N–H and O–H groups in total. The maximum Gasteiger partial charge on any atom is 0.226 e. The number of nitrogens with zero attached hydrogens (tertiary/aromatic N) is 2. The van der Waals surface area contributed by atoms with Gasteiger partial charge in [-0.15, -0.1) is 0 Å². The topological polar surface area (TPSA) is 35.6 Å². The van der Waals surface area contributed by atoms with Gasteiger partial charge in [-0.3, -0.25) is 9.69 Å². The third kappa shape index (κ3) is 3.44. The number of rotatable bonds is 5. The molecule has 2 saturated heterocycles. The first-order chi connectivity index (χ1) is 11.6. The Labute approximate surface area is 146 Å². The van der Waals surface area contributed by atoms with Crippen LogP contribution < -0.4 is 10.2 Å². The normalized spacial score (nSPS) is 24.2. The van der Waals surface area contributed by atoms with Crippen LogP contribution in [0.25, 0.3) is 0 Å². The summed E-state index contributed by atoms with van der Waals surface area (Å²) in [5.41, 5.74) is 2.52. The second-order valence-corrected chi connectivity index (χ2v) is 7.49. The molecule has 1 amide bonds. The highest BCUT2D eigenvalue weighted by atomic mass is 16.2. The molecule has 2 fully saturated rings. The minimum atomic E-state index is -0.117. The highest BCUT2D eigenvalue weighted by Gasteiger charge is 2.44. The van der Waals surface area contributed by atoms with Gasteiger partial charge in [-0.25, -0.2) is 0 Å². The van der Waals surface area contributed by atoms with Crippen molar-refractivity contribution >= 4 is 11.6 Å². The lowest BCUT2D eigenvalue weighted by molar-refractivity contribution is -0.128. The molecule has 132 valence electrons. The summed E-state index contributed by atoms with van der Waals surface area (Å²) in [6.45, 7) is 11.7. The molecule has 1 unspecified atom stereocenters. The Balaban J connectivity index is 1.51. The minimum absolute atomic E-state index is 0.117. The largest absolute Gasteiger partial charge is 0.369 e. The molecule has 0 aliphatic carbocycles. The zero-order valence-electron chi connectivity index (χ0n) is 15.3. The number of anilines is 1. The number of hydrogen-bond acceptors (Lipinski definition) is 3. The molecule has 1 atom stereocenters. The highest BCUT2D eigenvalue weighted by molar-refractivity contribution is 5.85. The quantitative estimate of drug-likeness (QED) is 0.902. The van der Waals surface area contributed by atoms with E-state index in [2.05, 4.69) is 60.2 Å². The lowest BCUT2D eigenvalue weighted by atomic mass is 9.79. The van der Waals surface area contributed by atoms with E-state index in [9.17, 15) is 4.79 Å². The molecule has 0 bridgehead atoms. The average Bonchev–Trinajstić information content (AvgIpc) is 2.92. The molecule has 0 spiro atoms. The van der Waals surface area contributed by atoms with Crippen LogP contribution in [-0.4, -0.2) is 49.6 Å². The Morgan fingerprint density at radius 2 is 1.71 bits per heavy atom. The molecule has 0 saturated carbocycles. The molecule has 4 heteroatoms. The maximum atomic E-state index is 12.3. The first-order valence-electron chi connectivity index (χ1n) is 9.41. The van der Waals surface area contributed by atoms with E-state index in [1.807, 2.05) is 0 Å². The van der Waals surface area contributed by atoms with E-state index in [0.29, 0.717) is 6.04 Å². The molecule has 0 radical (unpaired) electrons. The summed E-state index contributed by atoms with van der Waals surface area (Å²) >= 11 is 0. The van der Waals surface area contributed by atoms with Crippen LogP contribution in [0.1, 0.15) is 38.7 Å². The summed E-state index contributed by atoms with van der Waals surface area (Å²) in [6.07, 6.45) is 2.90. The van der Waals surface area contributed by atoms with Crippen molar-refractivity contribution in [3.63, 3.8) is 0 Å². The number of aryl methyl sites for hydroxylation is 1. The number of benzene rings is 1. The zero-order valence-corrected chi connectivity index (χ0v) is 15.3. The lowest BCUT2D eigenvalue weighted by Crippen LogP contribution is -2.50. The van der Waals surface area contributed by atoms with Gasteiger partial charge in [0, 0.05) is 44.5 Å². The fourth-order valence-corrected chi connectivity index (χ4v) is 4.18. The van der Waals surface area contributed by atoms with Crippen LogP contribution in [0.15, 0.2) is 24.3 Å². The fraction of sp³-hybridized carbons (Fsp3) is 0.650. The molecular weight excluding hydrogens is 298 g/mol. The first-order valence-corrected chi connectivity index (χ1v) is 9.41. The number of carbonyl (C=O) groups is 1. The fourth-order valence-electron chi connectivity index (χ4n) is 4.18. The molecule has 2 aliphatic heterocycles. The number of amides is 1.